The number of aryl methyl sites for hydroxylation is 1. The number of nitrogens with zero attached hydrogens (tertiary/aromatic N) is 1. The Kier molecular flexibility index (Phi) is 3.58. The minimum atomic E-state index is 0.279. The highest BCUT2D eigenvalue weighted by molar-refractivity contribution is 6.32. The molecule has 0 fully saturated rings. The van der Waals surface area contributed by atoms with Gasteiger partial charge in [-0.05, 0) is 30.7 Å². The smallest absolute Gasteiger partial charge is 0.246 e. The fourth-order valence-electron chi connectivity index (χ4n) is 1.42. The molecule has 0 amide bonds. The molecule has 94 valence electrons. The van der Waals surface area contributed by atoms with Gasteiger partial charge in [-0.1, -0.05) is 17.7 Å². The summed E-state index contributed by atoms with van der Waals surface area (Å²) in [7, 11) is 1.53. The van der Waals surface area contributed by atoms with Crippen molar-refractivity contribution in [3.63, 3.8) is 0 Å². The first-order chi connectivity index (χ1) is 8.60. The maximum Gasteiger partial charge on any atom is 0.246 e. The molecule has 0 saturated carbocycles. The summed E-state index contributed by atoms with van der Waals surface area (Å²) in [6.45, 7) is 1.95. The molecule has 0 aliphatic heterocycles. The number of pyridine rings is 1. The number of nitrogens with two attached hydrogens (primary N) is 1. The number of hydrogen-bond donors (Lipinski definition) is 1. The summed E-state index contributed by atoms with van der Waals surface area (Å²) >= 11 is 6.05. The summed E-state index contributed by atoms with van der Waals surface area (Å²) in [6.07, 6.45) is 0. The number of rotatable bonds is 3. The molecule has 4 nitrogen and oxygen atoms in total. The Morgan fingerprint density at radius 1 is 1.22 bits per heavy atom. The van der Waals surface area contributed by atoms with Gasteiger partial charge in [-0.3, -0.25) is 0 Å². The Morgan fingerprint density at radius 2 is 2.00 bits per heavy atom. The number of anilines is 1. The molecule has 2 aromatic rings. The third kappa shape index (κ3) is 2.65. The maximum atomic E-state index is 6.05. The summed E-state index contributed by atoms with van der Waals surface area (Å²) in [5.41, 5.74) is 7.26. The summed E-state index contributed by atoms with van der Waals surface area (Å²) in [5.74, 6) is 1.23. The van der Waals surface area contributed by atoms with Crippen LogP contribution in [0, 0.1) is 6.92 Å². The normalized spacial score (nSPS) is 10.2. The van der Waals surface area contributed by atoms with E-state index in [1.54, 1.807) is 18.2 Å². The van der Waals surface area contributed by atoms with E-state index < -0.39 is 0 Å². The van der Waals surface area contributed by atoms with Gasteiger partial charge in [0.15, 0.2) is 0 Å². The van der Waals surface area contributed by atoms with Crippen molar-refractivity contribution in [2.75, 3.05) is 12.8 Å². The molecule has 1 heterocycles. The molecular weight excluding hydrogens is 252 g/mol. The lowest BCUT2D eigenvalue weighted by Crippen LogP contribution is -1.97. The SMILES string of the molecule is COc1ccc(N)c(Oc2cc(C)ccc2Cl)n1. The number of methoxy groups -OCH3 is 1. The van der Waals surface area contributed by atoms with Crippen LogP contribution in [0.5, 0.6) is 17.5 Å². The predicted molar refractivity (Wildman–Crippen MR) is 71.5 cm³/mol. The van der Waals surface area contributed by atoms with Gasteiger partial charge in [-0.2, -0.15) is 4.98 Å². The van der Waals surface area contributed by atoms with Gasteiger partial charge in [0.2, 0.25) is 11.8 Å². The van der Waals surface area contributed by atoms with E-state index in [4.69, 9.17) is 26.8 Å². The van der Waals surface area contributed by atoms with Crippen molar-refractivity contribution in [2.45, 2.75) is 6.92 Å². The Balaban J connectivity index is 2.36. The van der Waals surface area contributed by atoms with Crippen LogP contribution >= 0.6 is 11.6 Å². The molecule has 0 aliphatic carbocycles. The fourth-order valence-corrected chi connectivity index (χ4v) is 1.58. The largest absolute Gasteiger partial charge is 0.481 e. The molecule has 2 N–H and O–H groups in total. The van der Waals surface area contributed by atoms with Gasteiger partial charge in [0, 0.05) is 6.07 Å². The Bertz CT molecular complexity index is 573. The van der Waals surface area contributed by atoms with E-state index in [2.05, 4.69) is 4.98 Å². The van der Waals surface area contributed by atoms with Gasteiger partial charge in [0.25, 0.3) is 0 Å². The van der Waals surface area contributed by atoms with Crippen molar-refractivity contribution in [3.8, 4) is 17.5 Å². The van der Waals surface area contributed by atoms with E-state index in [9.17, 15) is 0 Å². The second-order valence-corrected chi connectivity index (χ2v) is 4.19. The zero-order valence-corrected chi connectivity index (χ0v) is 10.9. The van der Waals surface area contributed by atoms with Crippen LogP contribution in [0.2, 0.25) is 5.02 Å². The molecule has 1 aromatic heterocycles. The third-order valence-electron chi connectivity index (χ3n) is 2.37. The molecule has 1 aromatic carbocycles. The van der Waals surface area contributed by atoms with Gasteiger partial charge in [0.05, 0.1) is 17.8 Å². The summed E-state index contributed by atoms with van der Waals surface area (Å²) < 4.78 is 10.6. The zero-order valence-electron chi connectivity index (χ0n) is 10.1. The molecule has 0 saturated heterocycles. The van der Waals surface area contributed by atoms with Crippen LogP contribution in [0.25, 0.3) is 0 Å². The van der Waals surface area contributed by atoms with Crippen LogP contribution in [-0.4, -0.2) is 12.1 Å². The molecule has 0 radical (unpaired) electrons. The van der Waals surface area contributed by atoms with Crippen LogP contribution in [0.1, 0.15) is 5.56 Å². The van der Waals surface area contributed by atoms with E-state index in [1.165, 1.54) is 7.11 Å². The average Bonchev–Trinajstić information content (AvgIpc) is 2.36. The highest BCUT2D eigenvalue weighted by atomic mass is 35.5. The highest BCUT2D eigenvalue weighted by Crippen LogP contribution is 2.32. The van der Waals surface area contributed by atoms with Crippen molar-refractivity contribution in [1.29, 1.82) is 0 Å². The van der Waals surface area contributed by atoms with Crippen molar-refractivity contribution < 1.29 is 9.47 Å². The second kappa shape index (κ2) is 5.14. The number of ether oxygens (including phenoxy) is 2. The maximum absolute atomic E-state index is 6.05. The molecule has 0 unspecified atom stereocenters. The standard InChI is InChI=1S/C13H13ClN2O2/c1-8-3-4-9(14)11(7-8)18-13-10(15)5-6-12(16-13)17-2/h3-7H,15H2,1-2H3. The molecule has 5 heteroatoms. The molecule has 0 atom stereocenters. The van der Waals surface area contributed by atoms with Crippen molar-refractivity contribution >= 4 is 17.3 Å². The quantitative estimate of drug-likeness (QED) is 0.923. The fraction of sp³-hybridized carbons (Fsp3) is 0.154. The molecule has 18 heavy (non-hydrogen) atoms. The van der Waals surface area contributed by atoms with Crippen molar-refractivity contribution in [2.24, 2.45) is 0 Å². The predicted octanol–water partition coefficient (Wildman–Crippen LogP) is 3.43. The van der Waals surface area contributed by atoms with E-state index in [0.717, 1.165) is 5.56 Å². The van der Waals surface area contributed by atoms with Gasteiger partial charge < -0.3 is 15.2 Å². The van der Waals surface area contributed by atoms with Crippen LogP contribution in [-0.2, 0) is 0 Å². The van der Waals surface area contributed by atoms with E-state index >= 15 is 0 Å². The Hall–Kier alpha value is -1.94. The lowest BCUT2D eigenvalue weighted by atomic mass is 10.2. The Labute approximate surface area is 110 Å². The van der Waals surface area contributed by atoms with E-state index in [1.807, 2.05) is 19.1 Å². The van der Waals surface area contributed by atoms with E-state index in [0.29, 0.717) is 22.3 Å². The van der Waals surface area contributed by atoms with Gasteiger partial charge in [0.1, 0.15) is 5.75 Å². The van der Waals surface area contributed by atoms with Crippen molar-refractivity contribution in [1.82, 2.24) is 4.98 Å². The molecule has 0 aliphatic rings. The minimum Gasteiger partial charge on any atom is -0.481 e. The zero-order chi connectivity index (χ0) is 13.1. The highest BCUT2D eigenvalue weighted by Gasteiger charge is 2.09. The first kappa shape index (κ1) is 12.5. The first-order valence-electron chi connectivity index (χ1n) is 5.34. The number of hydrogen-bond acceptors (Lipinski definition) is 4. The van der Waals surface area contributed by atoms with Crippen molar-refractivity contribution in [3.05, 3.63) is 40.9 Å². The monoisotopic (exact) mass is 264 g/mol. The third-order valence-corrected chi connectivity index (χ3v) is 2.68. The summed E-state index contributed by atoms with van der Waals surface area (Å²) in [6, 6.07) is 8.83. The number of benzene rings is 1. The average molecular weight is 265 g/mol. The first-order valence-corrected chi connectivity index (χ1v) is 5.72. The lowest BCUT2D eigenvalue weighted by Gasteiger charge is -2.10. The van der Waals surface area contributed by atoms with Gasteiger partial charge in [-0.15, -0.1) is 0 Å². The van der Waals surface area contributed by atoms with Gasteiger partial charge >= 0.3 is 0 Å². The van der Waals surface area contributed by atoms with Crippen LogP contribution in [0.4, 0.5) is 5.69 Å². The minimum absolute atomic E-state index is 0.279. The summed E-state index contributed by atoms with van der Waals surface area (Å²) in [5, 5.41) is 0.504. The summed E-state index contributed by atoms with van der Waals surface area (Å²) in [4.78, 5) is 4.13. The second-order valence-electron chi connectivity index (χ2n) is 3.78. The number of halogens is 1. The molecule has 0 spiro atoms. The van der Waals surface area contributed by atoms with Crippen LogP contribution < -0.4 is 15.2 Å². The molecule has 0 bridgehead atoms. The van der Waals surface area contributed by atoms with Crippen LogP contribution in [0.15, 0.2) is 30.3 Å². The van der Waals surface area contributed by atoms with E-state index in [-0.39, 0.29) is 5.88 Å². The van der Waals surface area contributed by atoms with Crippen LogP contribution in [0.3, 0.4) is 0 Å². The number of nitrogen functional groups attached to an aromatic ring is 1. The molecule has 2 rings (SSSR count). The Morgan fingerprint density at radius 3 is 2.72 bits per heavy atom. The number of aromatic nitrogens is 1. The molecular formula is C13H13ClN2O2. The van der Waals surface area contributed by atoms with Gasteiger partial charge in [-0.25, -0.2) is 0 Å². The topological polar surface area (TPSA) is 57.4 Å². The lowest BCUT2D eigenvalue weighted by molar-refractivity contribution is 0.384.